The predicted octanol–water partition coefficient (Wildman–Crippen LogP) is 5.04. The minimum absolute atomic E-state index is 0.270. The van der Waals surface area contributed by atoms with Gasteiger partial charge in [0.15, 0.2) is 15.5 Å². The molecule has 0 aliphatic heterocycles. The van der Waals surface area contributed by atoms with Gasteiger partial charge < -0.3 is 10.5 Å². The number of hydrogen-bond acceptors (Lipinski definition) is 5. The fourth-order valence-corrected chi connectivity index (χ4v) is 4.17. The van der Waals surface area contributed by atoms with Crippen molar-refractivity contribution in [2.24, 2.45) is 9.98 Å². The van der Waals surface area contributed by atoms with Gasteiger partial charge in [0.2, 0.25) is 0 Å². The Bertz CT molecular complexity index is 1310. The van der Waals surface area contributed by atoms with E-state index in [-0.39, 0.29) is 6.61 Å². The maximum atomic E-state index is 12.6. The van der Waals surface area contributed by atoms with Gasteiger partial charge >= 0.3 is 5.97 Å². The van der Waals surface area contributed by atoms with Crippen LogP contribution in [-0.2, 0) is 11.3 Å². The van der Waals surface area contributed by atoms with Crippen molar-refractivity contribution in [1.82, 2.24) is 4.57 Å². The van der Waals surface area contributed by atoms with Crippen LogP contribution in [0.3, 0.4) is 0 Å². The summed E-state index contributed by atoms with van der Waals surface area (Å²) in [7, 11) is 0. The zero-order chi connectivity index (χ0) is 23.0. The molecule has 0 amide bonds. The number of nitrogens with zero attached hydrogens (tertiary/aromatic N) is 3. The molecule has 4 aromatic rings. The largest absolute Gasteiger partial charge is 0.462 e. The van der Waals surface area contributed by atoms with Crippen molar-refractivity contribution in [3.05, 3.63) is 112 Å². The summed E-state index contributed by atoms with van der Waals surface area (Å²) in [6.07, 6.45) is 0. The normalized spacial score (nSPS) is 12.0. The van der Waals surface area contributed by atoms with Gasteiger partial charge in [0, 0.05) is 5.56 Å². The van der Waals surface area contributed by atoms with Gasteiger partial charge in [-0.2, -0.15) is 0 Å². The van der Waals surface area contributed by atoms with Crippen LogP contribution in [0.4, 0.5) is 11.5 Å². The minimum atomic E-state index is -0.454. The Labute approximate surface area is 196 Å². The van der Waals surface area contributed by atoms with Crippen LogP contribution in [-0.4, -0.2) is 23.0 Å². The van der Waals surface area contributed by atoms with Crippen molar-refractivity contribution in [3.63, 3.8) is 0 Å². The van der Waals surface area contributed by atoms with Crippen LogP contribution < -0.4 is 10.5 Å². The number of aromatic nitrogens is 1. The summed E-state index contributed by atoms with van der Waals surface area (Å²) in [5, 5.41) is 0. The molecule has 0 fully saturated rings. The van der Waals surface area contributed by atoms with Gasteiger partial charge in [0.1, 0.15) is 5.82 Å². The third-order valence-corrected chi connectivity index (χ3v) is 5.89. The van der Waals surface area contributed by atoms with E-state index in [0.29, 0.717) is 27.9 Å². The third-order valence-electron chi connectivity index (χ3n) is 4.82. The Kier molecular flexibility index (Phi) is 7.12. The van der Waals surface area contributed by atoms with Crippen LogP contribution >= 0.6 is 11.3 Å². The van der Waals surface area contributed by atoms with Crippen LogP contribution in [0.2, 0.25) is 0 Å². The van der Waals surface area contributed by atoms with Crippen LogP contribution in [0, 0.1) is 0 Å². The molecule has 3 aromatic carbocycles. The summed E-state index contributed by atoms with van der Waals surface area (Å²) >= 11 is 1.20. The number of anilines is 1. The zero-order valence-electron chi connectivity index (χ0n) is 18.2. The maximum Gasteiger partial charge on any atom is 0.352 e. The first-order chi connectivity index (χ1) is 16.2. The molecule has 2 N–H and O–H groups in total. The SMILES string of the molecule is CCOC(=O)c1sc(=NC(=Nc2ccccc2)c2ccccc2)n(Cc2ccccc2)c1N. The van der Waals surface area contributed by atoms with Crippen molar-refractivity contribution in [1.29, 1.82) is 0 Å². The average molecular weight is 457 g/mol. The number of carbonyl (C=O) groups is 1. The van der Waals surface area contributed by atoms with E-state index in [2.05, 4.69) is 0 Å². The van der Waals surface area contributed by atoms with E-state index in [0.717, 1.165) is 16.8 Å². The molecule has 0 bridgehead atoms. The lowest BCUT2D eigenvalue weighted by atomic mass is 10.2. The van der Waals surface area contributed by atoms with E-state index >= 15 is 0 Å². The van der Waals surface area contributed by atoms with E-state index in [1.54, 1.807) is 6.92 Å². The van der Waals surface area contributed by atoms with Gasteiger partial charge in [-0.15, -0.1) is 0 Å². The summed E-state index contributed by atoms with van der Waals surface area (Å²) < 4.78 is 7.05. The van der Waals surface area contributed by atoms with E-state index in [4.69, 9.17) is 20.5 Å². The Balaban J connectivity index is 1.89. The first-order valence-electron chi connectivity index (χ1n) is 10.6. The monoisotopic (exact) mass is 456 g/mol. The number of carbonyl (C=O) groups excluding carboxylic acids is 1. The van der Waals surface area contributed by atoms with Crippen LogP contribution in [0.5, 0.6) is 0 Å². The zero-order valence-corrected chi connectivity index (χ0v) is 19.0. The second-order valence-electron chi connectivity index (χ2n) is 7.14. The number of rotatable bonds is 6. The Hall–Kier alpha value is -3.97. The molecule has 33 heavy (non-hydrogen) atoms. The highest BCUT2D eigenvalue weighted by molar-refractivity contribution is 7.11. The van der Waals surface area contributed by atoms with Gasteiger partial charge in [-0.05, 0) is 24.6 Å². The van der Waals surface area contributed by atoms with Gasteiger partial charge in [-0.25, -0.2) is 14.8 Å². The Morgan fingerprint density at radius 1 is 0.939 bits per heavy atom. The molecule has 0 aliphatic rings. The van der Waals surface area contributed by atoms with E-state index in [1.807, 2.05) is 95.6 Å². The number of amidine groups is 1. The summed E-state index contributed by atoms with van der Waals surface area (Å²) in [4.78, 5) is 23.1. The number of hydrogen-bond donors (Lipinski definition) is 1. The number of benzene rings is 3. The van der Waals surface area contributed by atoms with Crippen molar-refractivity contribution >= 4 is 34.6 Å². The smallest absolute Gasteiger partial charge is 0.352 e. The molecule has 1 heterocycles. The Morgan fingerprint density at radius 3 is 2.18 bits per heavy atom. The molecule has 0 spiro atoms. The molecule has 0 atom stereocenters. The lowest BCUT2D eigenvalue weighted by molar-refractivity contribution is 0.0532. The van der Waals surface area contributed by atoms with Crippen LogP contribution in [0.15, 0.2) is 101 Å². The second-order valence-corrected chi connectivity index (χ2v) is 8.12. The lowest BCUT2D eigenvalue weighted by Gasteiger charge is -2.07. The molecule has 0 unspecified atom stereocenters. The van der Waals surface area contributed by atoms with Crippen molar-refractivity contribution < 1.29 is 9.53 Å². The van der Waals surface area contributed by atoms with Gasteiger partial charge in [-0.1, -0.05) is 90.2 Å². The molecule has 6 nitrogen and oxygen atoms in total. The standard InChI is InChI=1S/C26H24N4O2S/c1-2-32-25(31)22-23(27)30(18-19-12-6-3-7-13-19)26(33-22)29-24(20-14-8-4-9-15-20)28-21-16-10-5-11-17-21/h3-17H,2,18,27H2,1H3. The average Bonchev–Trinajstić information content (AvgIpc) is 3.16. The van der Waals surface area contributed by atoms with E-state index in [1.165, 1.54) is 11.3 Å². The molecule has 1 aromatic heterocycles. The number of aliphatic imine (C=N–C) groups is 1. The lowest BCUT2D eigenvalue weighted by Crippen LogP contribution is -2.20. The number of nitrogen functional groups attached to an aromatic ring is 1. The number of esters is 1. The summed E-state index contributed by atoms with van der Waals surface area (Å²) in [5.74, 6) is 0.401. The highest BCUT2D eigenvalue weighted by Crippen LogP contribution is 2.19. The fraction of sp³-hybridized carbons (Fsp3) is 0.115. The molecule has 0 aliphatic carbocycles. The molecular weight excluding hydrogens is 432 g/mol. The van der Waals surface area contributed by atoms with Gasteiger partial charge in [0.05, 0.1) is 18.8 Å². The molecular formula is C26H24N4O2S. The first-order valence-corrected chi connectivity index (χ1v) is 11.4. The molecule has 0 radical (unpaired) electrons. The first kappa shape index (κ1) is 22.2. The minimum Gasteiger partial charge on any atom is -0.462 e. The third kappa shape index (κ3) is 5.45. The van der Waals surface area contributed by atoms with Crippen molar-refractivity contribution in [2.75, 3.05) is 12.3 Å². The number of ether oxygens (including phenoxy) is 1. The van der Waals surface area contributed by atoms with Crippen molar-refractivity contribution in [3.8, 4) is 0 Å². The van der Waals surface area contributed by atoms with E-state index < -0.39 is 5.97 Å². The summed E-state index contributed by atoms with van der Waals surface area (Å²) in [6, 6.07) is 29.3. The van der Waals surface area contributed by atoms with Crippen LogP contribution in [0.1, 0.15) is 27.7 Å². The van der Waals surface area contributed by atoms with Crippen molar-refractivity contribution in [2.45, 2.75) is 13.5 Å². The number of para-hydroxylation sites is 1. The highest BCUT2D eigenvalue weighted by atomic mass is 32.1. The molecule has 7 heteroatoms. The van der Waals surface area contributed by atoms with Gasteiger partial charge in [-0.3, -0.25) is 4.57 Å². The number of nitrogens with two attached hydrogens (primary N) is 1. The molecule has 0 saturated heterocycles. The quantitative estimate of drug-likeness (QED) is 0.251. The molecule has 0 saturated carbocycles. The van der Waals surface area contributed by atoms with Crippen LogP contribution in [0.25, 0.3) is 0 Å². The van der Waals surface area contributed by atoms with Gasteiger partial charge in [0.25, 0.3) is 0 Å². The second kappa shape index (κ2) is 10.6. The predicted molar refractivity (Wildman–Crippen MR) is 133 cm³/mol. The molecule has 4 rings (SSSR count). The Morgan fingerprint density at radius 2 is 1.55 bits per heavy atom. The highest BCUT2D eigenvalue weighted by Gasteiger charge is 2.19. The maximum absolute atomic E-state index is 12.6. The van der Waals surface area contributed by atoms with E-state index in [9.17, 15) is 4.79 Å². The number of thiazole rings is 1. The summed E-state index contributed by atoms with van der Waals surface area (Å²) in [6.45, 7) is 2.51. The summed E-state index contributed by atoms with van der Waals surface area (Å²) in [5.41, 5.74) is 9.11. The molecule has 166 valence electrons. The topological polar surface area (TPSA) is 82.0 Å². The fourth-order valence-electron chi connectivity index (χ4n) is 3.23.